The number of hydrogen-bond acceptors (Lipinski definition) is 3. The van der Waals surface area contributed by atoms with Crippen molar-refractivity contribution in [3.05, 3.63) is 64.2 Å². The van der Waals surface area contributed by atoms with Gasteiger partial charge in [0, 0.05) is 22.7 Å². The number of para-hydroxylation sites is 1. The maximum Gasteiger partial charge on any atom is 0.248 e. The largest absolute Gasteiger partial charge is 0.491 e. The van der Waals surface area contributed by atoms with E-state index in [1.807, 2.05) is 24.3 Å². The fourth-order valence-electron chi connectivity index (χ4n) is 2.41. The Labute approximate surface area is 127 Å². The fourth-order valence-corrected chi connectivity index (χ4v) is 2.66. The second-order valence-corrected chi connectivity index (χ2v) is 5.36. The lowest BCUT2D eigenvalue weighted by molar-refractivity contribution is 0.100. The molecule has 21 heavy (non-hydrogen) atoms. The summed E-state index contributed by atoms with van der Waals surface area (Å²) in [5.41, 5.74) is 7.72. The Morgan fingerprint density at radius 1 is 1.33 bits per heavy atom. The number of nitrogens with two attached hydrogens (primary N) is 1. The quantitative estimate of drug-likeness (QED) is 0.912. The molecule has 1 aliphatic rings. The summed E-state index contributed by atoms with van der Waals surface area (Å²) in [4.78, 5) is 11.1. The van der Waals surface area contributed by atoms with Crippen LogP contribution in [0.15, 0.2) is 42.5 Å². The first-order valence-corrected chi connectivity index (χ1v) is 7.06. The molecule has 0 radical (unpaired) electrons. The lowest BCUT2D eigenvalue weighted by atomic mass is 10.1. The smallest absolute Gasteiger partial charge is 0.248 e. The van der Waals surface area contributed by atoms with Crippen LogP contribution in [0.1, 0.15) is 27.5 Å². The maximum atomic E-state index is 11.1. The summed E-state index contributed by atoms with van der Waals surface area (Å²) < 4.78 is 5.62. The van der Waals surface area contributed by atoms with Crippen LogP contribution in [0.3, 0.4) is 0 Å². The van der Waals surface area contributed by atoms with Gasteiger partial charge in [0.25, 0.3) is 0 Å². The molecule has 0 spiro atoms. The van der Waals surface area contributed by atoms with Crippen LogP contribution in [-0.2, 0) is 6.54 Å². The van der Waals surface area contributed by atoms with Gasteiger partial charge in [0.15, 0.2) is 0 Å². The number of rotatable bonds is 4. The third kappa shape index (κ3) is 2.86. The average molecular weight is 303 g/mol. The highest BCUT2D eigenvalue weighted by Crippen LogP contribution is 2.32. The number of nitrogens with one attached hydrogen (secondary N) is 1. The van der Waals surface area contributed by atoms with Crippen LogP contribution in [0.25, 0.3) is 0 Å². The van der Waals surface area contributed by atoms with E-state index in [9.17, 15) is 4.79 Å². The zero-order valence-electron chi connectivity index (χ0n) is 11.3. The minimum Gasteiger partial charge on any atom is -0.491 e. The number of ether oxygens (including phenoxy) is 1. The number of carbonyl (C=O) groups is 1. The SMILES string of the molecule is NC(=O)c1ccc(CNC2COc3ccccc32)c(Cl)c1. The van der Waals surface area contributed by atoms with E-state index >= 15 is 0 Å². The average Bonchev–Trinajstić information content (AvgIpc) is 2.89. The van der Waals surface area contributed by atoms with Crippen LogP contribution in [0.4, 0.5) is 0 Å². The van der Waals surface area contributed by atoms with E-state index in [2.05, 4.69) is 11.4 Å². The van der Waals surface area contributed by atoms with Crippen molar-refractivity contribution in [1.82, 2.24) is 5.32 Å². The highest BCUT2D eigenvalue weighted by molar-refractivity contribution is 6.31. The van der Waals surface area contributed by atoms with E-state index in [4.69, 9.17) is 22.1 Å². The topological polar surface area (TPSA) is 64.4 Å². The van der Waals surface area contributed by atoms with Gasteiger partial charge >= 0.3 is 0 Å². The number of amides is 1. The zero-order chi connectivity index (χ0) is 14.8. The molecule has 2 aromatic rings. The van der Waals surface area contributed by atoms with Gasteiger partial charge in [0.05, 0.1) is 6.04 Å². The highest BCUT2D eigenvalue weighted by Gasteiger charge is 2.23. The molecule has 1 amide bonds. The maximum absolute atomic E-state index is 11.1. The second-order valence-electron chi connectivity index (χ2n) is 4.95. The summed E-state index contributed by atoms with van der Waals surface area (Å²) in [5, 5.41) is 3.95. The van der Waals surface area contributed by atoms with Gasteiger partial charge in [-0.25, -0.2) is 0 Å². The van der Waals surface area contributed by atoms with Crippen molar-refractivity contribution in [1.29, 1.82) is 0 Å². The minimum absolute atomic E-state index is 0.146. The van der Waals surface area contributed by atoms with Crippen LogP contribution in [0.5, 0.6) is 5.75 Å². The predicted octanol–water partition coefficient (Wildman–Crippen LogP) is 2.66. The Balaban J connectivity index is 1.70. The lowest BCUT2D eigenvalue weighted by Gasteiger charge is -2.13. The van der Waals surface area contributed by atoms with E-state index in [0.717, 1.165) is 16.9 Å². The molecule has 0 fully saturated rings. The number of halogens is 1. The molecule has 108 valence electrons. The number of benzene rings is 2. The van der Waals surface area contributed by atoms with Gasteiger partial charge in [0.1, 0.15) is 12.4 Å². The van der Waals surface area contributed by atoms with Crippen molar-refractivity contribution in [2.75, 3.05) is 6.61 Å². The summed E-state index contributed by atoms with van der Waals surface area (Å²) in [6, 6.07) is 13.2. The van der Waals surface area contributed by atoms with Crippen molar-refractivity contribution in [3.8, 4) is 5.75 Å². The minimum atomic E-state index is -0.477. The lowest BCUT2D eigenvalue weighted by Crippen LogP contribution is -2.22. The number of carbonyl (C=O) groups excluding carboxylic acids is 1. The summed E-state index contributed by atoms with van der Waals surface area (Å²) >= 11 is 6.18. The molecule has 0 saturated carbocycles. The van der Waals surface area contributed by atoms with Crippen molar-refractivity contribution < 1.29 is 9.53 Å². The Morgan fingerprint density at radius 2 is 2.14 bits per heavy atom. The Kier molecular flexibility index (Phi) is 3.82. The van der Waals surface area contributed by atoms with Crippen LogP contribution >= 0.6 is 11.6 Å². The summed E-state index contributed by atoms with van der Waals surface area (Å²) in [7, 11) is 0. The van der Waals surface area contributed by atoms with Crippen LogP contribution in [0.2, 0.25) is 5.02 Å². The molecule has 0 aromatic heterocycles. The molecule has 0 aliphatic carbocycles. The van der Waals surface area contributed by atoms with Crippen molar-refractivity contribution in [2.45, 2.75) is 12.6 Å². The monoisotopic (exact) mass is 302 g/mol. The van der Waals surface area contributed by atoms with Crippen molar-refractivity contribution in [3.63, 3.8) is 0 Å². The van der Waals surface area contributed by atoms with Crippen molar-refractivity contribution >= 4 is 17.5 Å². The molecule has 5 heteroatoms. The van der Waals surface area contributed by atoms with E-state index in [1.165, 1.54) is 0 Å². The van der Waals surface area contributed by atoms with Gasteiger partial charge in [-0.3, -0.25) is 4.79 Å². The van der Waals surface area contributed by atoms with Gasteiger partial charge < -0.3 is 15.8 Å². The van der Waals surface area contributed by atoms with Gasteiger partial charge in [-0.1, -0.05) is 35.9 Å². The molecule has 0 bridgehead atoms. The van der Waals surface area contributed by atoms with Gasteiger partial charge in [0.2, 0.25) is 5.91 Å². The molecule has 2 aromatic carbocycles. The summed E-state index contributed by atoms with van der Waals surface area (Å²) in [5.74, 6) is 0.444. The summed E-state index contributed by atoms with van der Waals surface area (Å²) in [6.45, 7) is 1.20. The first-order valence-electron chi connectivity index (χ1n) is 6.68. The zero-order valence-corrected chi connectivity index (χ0v) is 12.1. The molecule has 4 nitrogen and oxygen atoms in total. The van der Waals surface area contributed by atoms with E-state index < -0.39 is 5.91 Å². The second kappa shape index (κ2) is 5.76. The van der Waals surface area contributed by atoms with Crippen LogP contribution in [0, 0.1) is 0 Å². The normalized spacial score (nSPS) is 16.3. The molecule has 3 N–H and O–H groups in total. The van der Waals surface area contributed by atoms with E-state index in [-0.39, 0.29) is 6.04 Å². The molecular weight excluding hydrogens is 288 g/mol. The van der Waals surface area contributed by atoms with Gasteiger partial charge in [-0.2, -0.15) is 0 Å². The molecule has 3 rings (SSSR count). The Bertz CT molecular complexity index is 688. The number of primary amides is 1. The molecule has 1 unspecified atom stereocenters. The Morgan fingerprint density at radius 3 is 2.90 bits per heavy atom. The Hall–Kier alpha value is -2.04. The van der Waals surface area contributed by atoms with E-state index in [1.54, 1.807) is 12.1 Å². The third-order valence-corrected chi connectivity index (χ3v) is 3.93. The van der Waals surface area contributed by atoms with E-state index in [0.29, 0.717) is 23.7 Å². The molecule has 1 atom stereocenters. The predicted molar refractivity (Wildman–Crippen MR) is 81.5 cm³/mol. The number of hydrogen-bond donors (Lipinski definition) is 2. The van der Waals surface area contributed by atoms with Crippen LogP contribution < -0.4 is 15.8 Å². The van der Waals surface area contributed by atoms with Gasteiger partial charge in [-0.05, 0) is 23.8 Å². The molecular formula is C16H15ClN2O2. The first kappa shape index (κ1) is 13.9. The van der Waals surface area contributed by atoms with Gasteiger partial charge in [-0.15, -0.1) is 0 Å². The third-order valence-electron chi connectivity index (χ3n) is 3.58. The highest BCUT2D eigenvalue weighted by atomic mass is 35.5. The van der Waals surface area contributed by atoms with Crippen molar-refractivity contribution in [2.24, 2.45) is 5.73 Å². The standard InChI is InChI=1S/C16H15ClN2O2/c17-13-7-10(16(18)20)5-6-11(13)8-19-14-9-21-15-4-2-1-3-12(14)15/h1-7,14,19H,8-9H2,(H2,18,20). The summed E-state index contributed by atoms with van der Waals surface area (Å²) in [6.07, 6.45) is 0. The molecule has 1 aliphatic heterocycles. The first-order chi connectivity index (χ1) is 10.1. The fraction of sp³-hybridized carbons (Fsp3) is 0.188. The number of fused-ring (bicyclic) bond motifs is 1. The molecule has 1 heterocycles. The van der Waals surface area contributed by atoms with Crippen LogP contribution in [-0.4, -0.2) is 12.5 Å². The molecule has 0 saturated heterocycles.